The number of anilines is 1. The van der Waals surface area contributed by atoms with Crippen molar-refractivity contribution in [2.24, 2.45) is 0 Å². The maximum atomic E-state index is 11.9. The molecule has 0 spiro atoms. The molecule has 2 amide bonds. The van der Waals surface area contributed by atoms with Crippen LogP contribution in [0.15, 0.2) is 42.5 Å². The molecule has 0 aliphatic carbocycles. The number of rotatable bonds is 3. The van der Waals surface area contributed by atoms with Gasteiger partial charge in [0.05, 0.1) is 0 Å². The highest BCUT2D eigenvalue weighted by molar-refractivity contribution is 6.39. The maximum absolute atomic E-state index is 11.9. The van der Waals surface area contributed by atoms with Gasteiger partial charge in [-0.25, -0.2) is 0 Å². The molecular formula is C18H20N2O2. The topological polar surface area (TPSA) is 58.2 Å². The van der Waals surface area contributed by atoms with Gasteiger partial charge in [0, 0.05) is 12.2 Å². The second-order valence-corrected chi connectivity index (χ2v) is 5.50. The quantitative estimate of drug-likeness (QED) is 0.856. The van der Waals surface area contributed by atoms with E-state index < -0.39 is 11.8 Å². The monoisotopic (exact) mass is 296 g/mol. The number of carbonyl (C=O) groups is 2. The third-order valence-corrected chi connectivity index (χ3v) is 3.22. The van der Waals surface area contributed by atoms with E-state index in [-0.39, 0.29) is 0 Å². The number of benzene rings is 2. The normalized spacial score (nSPS) is 10.1. The van der Waals surface area contributed by atoms with Gasteiger partial charge >= 0.3 is 11.8 Å². The van der Waals surface area contributed by atoms with E-state index in [0.29, 0.717) is 12.2 Å². The lowest BCUT2D eigenvalue weighted by atomic mass is 10.1. The Labute approximate surface area is 130 Å². The minimum atomic E-state index is -0.655. The van der Waals surface area contributed by atoms with Gasteiger partial charge in [0.2, 0.25) is 0 Å². The van der Waals surface area contributed by atoms with Crippen molar-refractivity contribution in [3.8, 4) is 0 Å². The second-order valence-electron chi connectivity index (χ2n) is 5.50. The molecule has 0 aromatic heterocycles. The molecule has 0 heterocycles. The summed E-state index contributed by atoms with van der Waals surface area (Å²) < 4.78 is 0. The lowest BCUT2D eigenvalue weighted by molar-refractivity contribution is -0.136. The average molecular weight is 296 g/mol. The molecule has 0 unspecified atom stereocenters. The molecule has 4 heteroatoms. The number of amides is 2. The largest absolute Gasteiger partial charge is 0.344 e. The summed E-state index contributed by atoms with van der Waals surface area (Å²) in [5.41, 5.74) is 4.79. The summed E-state index contributed by atoms with van der Waals surface area (Å²) in [4.78, 5) is 23.8. The lowest BCUT2D eigenvalue weighted by Gasteiger charge is -2.08. The van der Waals surface area contributed by atoms with Crippen LogP contribution in [0.5, 0.6) is 0 Å². The molecule has 22 heavy (non-hydrogen) atoms. The van der Waals surface area contributed by atoms with Gasteiger partial charge in [0.15, 0.2) is 0 Å². The van der Waals surface area contributed by atoms with Gasteiger partial charge in [-0.3, -0.25) is 9.59 Å². The van der Waals surface area contributed by atoms with E-state index in [1.54, 1.807) is 0 Å². The van der Waals surface area contributed by atoms with Crippen LogP contribution in [-0.4, -0.2) is 11.8 Å². The number of carbonyl (C=O) groups excluding carboxylic acids is 2. The molecule has 2 aromatic carbocycles. The van der Waals surface area contributed by atoms with Crippen LogP contribution in [0.25, 0.3) is 0 Å². The van der Waals surface area contributed by atoms with Gasteiger partial charge in [-0.1, -0.05) is 35.9 Å². The Bertz CT molecular complexity index is 688. The zero-order valence-corrected chi connectivity index (χ0v) is 13.1. The fraction of sp³-hybridized carbons (Fsp3) is 0.222. The molecule has 0 saturated carbocycles. The van der Waals surface area contributed by atoms with Crippen LogP contribution in [0.1, 0.15) is 22.3 Å². The van der Waals surface area contributed by atoms with E-state index in [9.17, 15) is 9.59 Å². The van der Waals surface area contributed by atoms with Crippen molar-refractivity contribution in [1.29, 1.82) is 0 Å². The Kier molecular flexibility index (Phi) is 4.94. The summed E-state index contributed by atoms with van der Waals surface area (Å²) in [6.45, 7) is 6.21. The predicted molar refractivity (Wildman–Crippen MR) is 87.6 cm³/mol. The molecule has 0 aliphatic heterocycles. The third kappa shape index (κ3) is 4.45. The summed E-state index contributed by atoms with van der Waals surface area (Å²) in [5, 5.41) is 5.24. The standard InChI is InChI=1S/C18H20N2O2/c1-12-5-4-6-15(8-12)11-19-17(21)18(22)20-16-9-13(2)7-14(3)10-16/h4-10H,11H2,1-3H3,(H,19,21)(H,20,22). The first-order valence-corrected chi connectivity index (χ1v) is 7.17. The molecular weight excluding hydrogens is 276 g/mol. The van der Waals surface area contributed by atoms with E-state index in [0.717, 1.165) is 22.3 Å². The van der Waals surface area contributed by atoms with Gasteiger partial charge in [-0.05, 0) is 49.6 Å². The Morgan fingerprint density at radius 1 is 0.864 bits per heavy atom. The molecule has 0 radical (unpaired) electrons. The number of nitrogens with one attached hydrogen (secondary N) is 2. The molecule has 0 fully saturated rings. The van der Waals surface area contributed by atoms with Crippen molar-refractivity contribution in [1.82, 2.24) is 5.32 Å². The predicted octanol–water partition coefficient (Wildman–Crippen LogP) is 2.87. The number of hydrogen-bond donors (Lipinski definition) is 2. The Morgan fingerprint density at radius 2 is 1.55 bits per heavy atom. The molecule has 0 saturated heterocycles. The molecule has 2 rings (SSSR count). The first kappa shape index (κ1) is 15.8. The fourth-order valence-corrected chi connectivity index (χ4v) is 2.32. The van der Waals surface area contributed by atoms with Gasteiger partial charge in [0.1, 0.15) is 0 Å². The summed E-state index contributed by atoms with van der Waals surface area (Å²) in [6.07, 6.45) is 0. The summed E-state index contributed by atoms with van der Waals surface area (Å²) in [6, 6.07) is 13.5. The van der Waals surface area contributed by atoms with E-state index in [2.05, 4.69) is 10.6 Å². The minimum absolute atomic E-state index is 0.334. The van der Waals surface area contributed by atoms with Crippen LogP contribution >= 0.6 is 0 Å². The molecule has 0 bridgehead atoms. The zero-order valence-electron chi connectivity index (χ0n) is 13.1. The summed E-state index contributed by atoms with van der Waals surface area (Å²) in [7, 11) is 0. The highest BCUT2D eigenvalue weighted by Gasteiger charge is 2.13. The average Bonchev–Trinajstić information content (AvgIpc) is 2.43. The molecule has 0 aliphatic rings. The third-order valence-electron chi connectivity index (χ3n) is 3.22. The summed E-state index contributed by atoms with van der Waals surface area (Å²) in [5.74, 6) is -1.29. The Balaban J connectivity index is 1.93. The second kappa shape index (κ2) is 6.89. The number of aryl methyl sites for hydroxylation is 3. The molecule has 2 N–H and O–H groups in total. The molecule has 2 aromatic rings. The van der Waals surface area contributed by atoms with E-state index in [4.69, 9.17) is 0 Å². The van der Waals surface area contributed by atoms with Crippen LogP contribution in [0.2, 0.25) is 0 Å². The number of hydrogen-bond acceptors (Lipinski definition) is 2. The van der Waals surface area contributed by atoms with Crippen LogP contribution in [0, 0.1) is 20.8 Å². The fourth-order valence-electron chi connectivity index (χ4n) is 2.32. The van der Waals surface area contributed by atoms with Gasteiger partial charge < -0.3 is 10.6 Å². The van der Waals surface area contributed by atoms with Crippen molar-refractivity contribution in [2.45, 2.75) is 27.3 Å². The van der Waals surface area contributed by atoms with Crippen molar-refractivity contribution < 1.29 is 9.59 Å². The highest BCUT2D eigenvalue weighted by Crippen LogP contribution is 2.13. The van der Waals surface area contributed by atoms with Crippen LogP contribution in [0.3, 0.4) is 0 Å². The first-order valence-electron chi connectivity index (χ1n) is 7.17. The SMILES string of the molecule is Cc1cccc(CNC(=O)C(=O)Nc2cc(C)cc(C)c2)c1. The molecule has 0 atom stereocenters. The van der Waals surface area contributed by atoms with Gasteiger partial charge in [-0.2, -0.15) is 0 Å². The Morgan fingerprint density at radius 3 is 2.18 bits per heavy atom. The van der Waals surface area contributed by atoms with Gasteiger partial charge in [-0.15, -0.1) is 0 Å². The van der Waals surface area contributed by atoms with Crippen LogP contribution < -0.4 is 10.6 Å². The van der Waals surface area contributed by atoms with Crippen molar-refractivity contribution in [3.05, 3.63) is 64.7 Å². The van der Waals surface area contributed by atoms with E-state index >= 15 is 0 Å². The van der Waals surface area contributed by atoms with Crippen molar-refractivity contribution in [2.75, 3.05) is 5.32 Å². The zero-order chi connectivity index (χ0) is 16.1. The Hall–Kier alpha value is -2.62. The maximum Gasteiger partial charge on any atom is 0.313 e. The smallest absolute Gasteiger partial charge is 0.313 e. The van der Waals surface area contributed by atoms with E-state index in [1.807, 2.05) is 63.2 Å². The molecule has 4 nitrogen and oxygen atoms in total. The first-order chi connectivity index (χ1) is 10.4. The summed E-state index contributed by atoms with van der Waals surface area (Å²) >= 11 is 0. The van der Waals surface area contributed by atoms with Crippen LogP contribution in [-0.2, 0) is 16.1 Å². The van der Waals surface area contributed by atoms with E-state index in [1.165, 1.54) is 0 Å². The van der Waals surface area contributed by atoms with Crippen LogP contribution in [0.4, 0.5) is 5.69 Å². The van der Waals surface area contributed by atoms with Gasteiger partial charge in [0.25, 0.3) is 0 Å². The van der Waals surface area contributed by atoms with Crippen molar-refractivity contribution in [3.63, 3.8) is 0 Å². The lowest BCUT2D eigenvalue weighted by Crippen LogP contribution is -2.35. The van der Waals surface area contributed by atoms with Crippen molar-refractivity contribution >= 4 is 17.5 Å². The highest BCUT2D eigenvalue weighted by atomic mass is 16.2. The molecule has 114 valence electrons. The minimum Gasteiger partial charge on any atom is -0.344 e.